The van der Waals surface area contributed by atoms with E-state index in [2.05, 4.69) is 10.3 Å². The molecule has 0 saturated carbocycles. The van der Waals surface area contributed by atoms with Crippen LogP contribution in [0.1, 0.15) is 25.3 Å². The van der Waals surface area contributed by atoms with E-state index in [1.807, 2.05) is 19.1 Å². The minimum atomic E-state index is -0.376. The molecule has 4 heteroatoms. The molecule has 1 aromatic rings. The Labute approximate surface area is 96.3 Å². The molecule has 0 fully saturated rings. The van der Waals surface area contributed by atoms with Crippen LogP contribution in [0, 0.1) is 0 Å². The number of amides is 1. The number of carbonyl (C=O) groups is 1. The predicted molar refractivity (Wildman–Crippen MR) is 63.8 cm³/mol. The maximum atomic E-state index is 11.5. The molecule has 0 unspecified atom stereocenters. The molecule has 0 aliphatic rings. The number of aromatic nitrogens is 1. The monoisotopic (exact) mass is 221 g/mol. The molecule has 0 bridgehead atoms. The summed E-state index contributed by atoms with van der Waals surface area (Å²) < 4.78 is 0. The minimum absolute atomic E-state index is 0.0641. The smallest absolute Gasteiger partial charge is 0.236 e. The first-order valence-electron chi connectivity index (χ1n) is 5.66. The maximum absolute atomic E-state index is 11.5. The Hall–Kier alpha value is -1.42. The van der Waals surface area contributed by atoms with Crippen molar-refractivity contribution in [3.63, 3.8) is 0 Å². The summed E-state index contributed by atoms with van der Waals surface area (Å²) in [6.07, 6.45) is 5.99. The largest absolute Gasteiger partial charge is 0.354 e. The van der Waals surface area contributed by atoms with E-state index >= 15 is 0 Å². The molecule has 1 amide bonds. The highest BCUT2D eigenvalue weighted by molar-refractivity contribution is 5.81. The van der Waals surface area contributed by atoms with E-state index in [9.17, 15) is 4.79 Å². The number of pyridine rings is 1. The third kappa shape index (κ3) is 4.40. The highest BCUT2D eigenvalue weighted by Gasteiger charge is 2.10. The van der Waals surface area contributed by atoms with Gasteiger partial charge in [-0.15, -0.1) is 0 Å². The second-order valence-electron chi connectivity index (χ2n) is 3.80. The van der Waals surface area contributed by atoms with E-state index in [0.717, 1.165) is 24.8 Å². The van der Waals surface area contributed by atoms with Gasteiger partial charge in [0.2, 0.25) is 5.91 Å². The second kappa shape index (κ2) is 6.95. The first-order chi connectivity index (χ1) is 7.74. The van der Waals surface area contributed by atoms with Gasteiger partial charge in [0.05, 0.1) is 6.04 Å². The van der Waals surface area contributed by atoms with E-state index in [1.54, 1.807) is 12.4 Å². The van der Waals surface area contributed by atoms with Crippen LogP contribution in [0.5, 0.6) is 0 Å². The van der Waals surface area contributed by atoms with E-state index in [4.69, 9.17) is 5.73 Å². The minimum Gasteiger partial charge on any atom is -0.354 e. The summed E-state index contributed by atoms with van der Waals surface area (Å²) in [4.78, 5) is 15.5. The van der Waals surface area contributed by atoms with Gasteiger partial charge in [0.1, 0.15) is 0 Å². The first-order valence-corrected chi connectivity index (χ1v) is 5.66. The highest BCUT2D eigenvalue weighted by Crippen LogP contribution is 1.96. The molecule has 1 heterocycles. The number of nitrogens with two attached hydrogens (primary N) is 1. The molecule has 16 heavy (non-hydrogen) atoms. The van der Waals surface area contributed by atoms with Crippen LogP contribution in [0.3, 0.4) is 0 Å². The third-order valence-corrected chi connectivity index (χ3v) is 2.37. The molecule has 0 spiro atoms. The van der Waals surface area contributed by atoms with Crippen LogP contribution < -0.4 is 11.1 Å². The Balaban J connectivity index is 2.23. The Morgan fingerprint density at radius 2 is 2.44 bits per heavy atom. The van der Waals surface area contributed by atoms with Crippen molar-refractivity contribution in [2.24, 2.45) is 5.73 Å². The summed E-state index contributed by atoms with van der Waals surface area (Å²) in [7, 11) is 0. The lowest BCUT2D eigenvalue weighted by Crippen LogP contribution is -2.41. The van der Waals surface area contributed by atoms with E-state index < -0.39 is 0 Å². The molecule has 88 valence electrons. The van der Waals surface area contributed by atoms with Gasteiger partial charge in [-0.1, -0.05) is 19.4 Å². The number of nitrogens with zero attached hydrogens (tertiary/aromatic N) is 1. The van der Waals surface area contributed by atoms with Crippen molar-refractivity contribution < 1.29 is 4.79 Å². The van der Waals surface area contributed by atoms with Crippen molar-refractivity contribution in [1.29, 1.82) is 0 Å². The fourth-order valence-electron chi connectivity index (χ4n) is 1.45. The van der Waals surface area contributed by atoms with Crippen LogP contribution in [-0.2, 0) is 11.2 Å². The quantitative estimate of drug-likeness (QED) is 0.749. The number of nitrogens with one attached hydrogen (secondary N) is 1. The van der Waals surface area contributed by atoms with E-state index in [-0.39, 0.29) is 11.9 Å². The van der Waals surface area contributed by atoms with Crippen molar-refractivity contribution >= 4 is 5.91 Å². The number of hydrogen-bond acceptors (Lipinski definition) is 3. The normalized spacial score (nSPS) is 12.1. The van der Waals surface area contributed by atoms with Crippen molar-refractivity contribution in [3.05, 3.63) is 30.1 Å². The van der Waals surface area contributed by atoms with E-state index in [1.165, 1.54) is 0 Å². The van der Waals surface area contributed by atoms with Gasteiger partial charge in [0.15, 0.2) is 0 Å². The third-order valence-electron chi connectivity index (χ3n) is 2.37. The van der Waals surface area contributed by atoms with Crippen LogP contribution in [0.2, 0.25) is 0 Å². The van der Waals surface area contributed by atoms with Gasteiger partial charge in [-0.3, -0.25) is 9.78 Å². The van der Waals surface area contributed by atoms with Gasteiger partial charge in [-0.05, 0) is 24.5 Å². The van der Waals surface area contributed by atoms with E-state index in [0.29, 0.717) is 6.54 Å². The lowest BCUT2D eigenvalue weighted by Gasteiger charge is -2.10. The van der Waals surface area contributed by atoms with Crippen molar-refractivity contribution in [3.8, 4) is 0 Å². The van der Waals surface area contributed by atoms with Crippen molar-refractivity contribution in [1.82, 2.24) is 10.3 Å². The van der Waals surface area contributed by atoms with Crippen LogP contribution in [0.25, 0.3) is 0 Å². The standard InChI is InChI=1S/C12H19N3O/c1-2-4-11(13)12(16)15-8-6-10-5-3-7-14-9-10/h3,5,7,9,11H,2,4,6,8,13H2,1H3,(H,15,16)/t11-/m0/s1. The molecule has 4 nitrogen and oxygen atoms in total. The molecule has 3 N–H and O–H groups in total. The molecule has 1 atom stereocenters. The predicted octanol–water partition coefficient (Wildman–Crippen LogP) is 0.868. The molecule has 0 saturated heterocycles. The fraction of sp³-hybridized carbons (Fsp3) is 0.500. The van der Waals surface area contributed by atoms with Crippen molar-refractivity contribution in [2.45, 2.75) is 32.2 Å². The molecular formula is C12H19N3O. The molecule has 0 aliphatic carbocycles. The average molecular weight is 221 g/mol. The zero-order chi connectivity index (χ0) is 11.8. The van der Waals surface area contributed by atoms with Crippen LogP contribution in [-0.4, -0.2) is 23.5 Å². The fourth-order valence-corrected chi connectivity index (χ4v) is 1.45. The summed E-state index contributed by atoms with van der Waals surface area (Å²) in [6, 6.07) is 3.50. The average Bonchev–Trinajstić information content (AvgIpc) is 2.30. The summed E-state index contributed by atoms with van der Waals surface area (Å²) in [5, 5.41) is 2.82. The van der Waals surface area contributed by atoms with Gasteiger partial charge in [-0.2, -0.15) is 0 Å². The van der Waals surface area contributed by atoms with Crippen LogP contribution in [0.15, 0.2) is 24.5 Å². The Kier molecular flexibility index (Phi) is 5.50. The summed E-state index contributed by atoms with van der Waals surface area (Å²) in [5.41, 5.74) is 6.80. The molecular weight excluding hydrogens is 202 g/mol. The summed E-state index contributed by atoms with van der Waals surface area (Å²) >= 11 is 0. The Morgan fingerprint density at radius 3 is 3.06 bits per heavy atom. The number of carbonyl (C=O) groups excluding carboxylic acids is 1. The lowest BCUT2D eigenvalue weighted by molar-refractivity contribution is -0.122. The first kappa shape index (κ1) is 12.6. The molecule has 1 aromatic heterocycles. The zero-order valence-electron chi connectivity index (χ0n) is 9.65. The van der Waals surface area contributed by atoms with Crippen LogP contribution >= 0.6 is 0 Å². The second-order valence-corrected chi connectivity index (χ2v) is 3.80. The summed E-state index contributed by atoms with van der Waals surface area (Å²) in [6.45, 7) is 2.63. The number of rotatable bonds is 6. The highest BCUT2D eigenvalue weighted by atomic mass is 16.2. The topological polar surface area (TPSA) is 68.0 Å². The molecule has 0 aliphatic heterocycles. The van der Waals surface area contributed by atoms with Gasteiger partial charge in [-0.25, -0.2) is 0 Å². The Bertz CT molecular complexity index is 313. The van der Waals surface area contributed by atoms with Gasteiger partial charge in [0.25, 0.3) is 0 Å². The summed E-state index contributed by atoms with van der Waals surface area (Å²) in [5.74, 6) is -0.0641. The van der Waals surface area contributed by atoms with Gasteiger partial charge in [0, 0.05) is 18.9 Å². The molecule has 1 rings (SSSR count). The van der Waals surface area contributed by atoms with Crippen molar-refractivity contribution in [2.75, 3.05) is 6.54 Å². The van der Waals surface area contributed by atoms with Gasteiger partial charge >= 0.3 is 0 Å². The van der Waals surface area contributed by atoms with Crippen LogP contribution in [0.4, 0.5) is 0 Å². The van der Waals surface area contributed by atoms with Gasteiger partial charge < -0.3 is 11.1 Å². The lowest BCUT2D eigenvalue weighted by atomic mass is 10.1. The Morgan fingerprint density at radius 1 is 1.62 bits per heavy atom. The molecule has 0 radical (unpaired) electrons. The SMILES string of the molecule is CCC[C@H](N)C(=O)NCCc1cccnc1. The zero-order valence-corrected chi connectivity index (χ0v) is 9.65. The number of hydrogen-bond donors (Lipinski definition) is 2. The maximum Gasteiger partial charge on any atom is 0.236 e. The molecule has 0 aromatic carbocycles.